The van der Waals surface area contributed by atoms with Gasteiger partial charge in [-0.2, -0.15) is 0 Å². The van der Waals surface area contributed by atoms with E-state index in [1.54, 1.807) is 37.3 Å². The summed E-state index contributed by atoms with van der Waals surface area (Å²) in [5, 5.41) is 2.71. The number of carbonyl (C=O) groups excluding carboxylic acids is 2. The van der Waals surface area contributed by atoms with Crippen molar-refractivity contribution in [2.24, 2.45) is 0 Å². The maximum atomic E-state index is 12.8. The van der Waals surface area contributed by atoms with Crippen LogP contribution in [-0.4, -0.2) is 50.8 Å². The van der Waals surface area contributed by atoms with Crippen molar-refractivity contribution in [3.63, 3.8) is 0 Å². The summed E-state index contributed by atoms with van der Waals surface area (Å²) < 4.78 is 21.2. The molecule has 30 heavy (non-hydrogen) atoms. The summed E-state index contributed by atoms with van der Waals surface area (Å²) >= 11 is 0. The summed E-state index contributed by atoms with van der Waals surface area (Å²) in [4.78, 5) is 27.1. The molecule has 8 heteroatoms. The van der Waals surface area contributed by atoms with Crippen molar-refractivity contribution in [3.05, 3.63) is 47.5 Å². The normalized spacial score (nSPS) is 17.0. The third kappa shape index (κ3) is 3.85. The largest absolute Gasteiger partial charge is 0.493 e. The van der Waals surface area contributed by atoms with E-state index < -0.39 is 0 Å². The molecule has 2 amide bonds. The summed E-state index contributed by atoms with van der Waals surface area (Å²) in [7, 11) is 3.18. The van der Waals surface area contributed by atoms with Crippen LogP contribution in [0.5, 0.6) is 23.0 Å². The van der Waals surface area contributed by atoms with Crippen LogP contribution in [0.3, 0.4) is 0 Å². The van der Waals surface area contributed by atoms with Crippen molar-refractivity contribution in [1.82, 2.24) is 10.2 Å². The van der Waals surface area contributed by atoms with E-state index in [2.05, 4.69) is 5.32 Å². The number of methoxy groups -OCH3 is 2. The van der Waals surface area contributed by atoms with Gasteiger partial charge in [0.15, 0.2) is 23.0 Å². The number of amides is 2. The predicted octanol–water partition coefficient (Wildman–Crippen LogP) is 2.53. The van der Waals surface area contributed by atoms with Gasteiger partial charge in [-0.3, -0.25) is 9.59 Å². The number of ether oxygens (including phenoxy) is 4. The molecule has 2 heterocycles. The molecular weight excluding hydrogens is 388 g/mol. The third-order valence-electron chi connectivity index (χ3n) is 5.40. The van der Waals surface area contributed by atoms with E-state index in [9.17, 15) is 9.59 Å². The molecule has 2 aliphatic heterocycles. The van der Waals surface area contributed by atoms with Gasteiger partial charge in [0.25, 0.3) is 5.91 Å². The molecule has 158 valence electrons. The number of likely N-dealkylation sites (tertiary alicyclic amines) is 1. The molecule has 0 bridgehead atoms. The van der Waals surface area contributed by atoms with Crippen molar-refractivity contribution >= 4 is 11.8 Å². The first kappa shape index (κ1) is 19.9. The molecular formula is C22H24N2O6. The summed E-state index contributed by atoms with van der Waals surface area (Å²) in [6.07, 6.45) is 1.76. The summed E-state index contributed by atoms with van der Waals surface area (Å²) in [5.74, 6) is 1.96. The van der Waals surface area contributed by atoms with Crippen LogP contribution in [0.2, 0.25) is 0 Å². The van der Waals surface area contributed by atoms with E-state index in [1.807, 2.05) is 18.2 Å². The highest BCUT2D eigenvalue weighted by Crippen LogP contribution is 2.37. The molecule has 0 aliphatic carbocycles. The average Bonchev–Trinajstić information content (AvgIpc) is 3.45. The van der Waals surface area contributed by atoms with E-state index in [0.717, 1.165) is 18.4 Å². The third-order valence-corrected chi connectivity index (χ3v) is 5.40. The van der Waals surface area contributed by atoms with Crippen molar-refractivity contribution in [1.29, 1.82) is 0 Å². The molecule has 1 saturated heterocycles. The maximum absolute atomic E-state index is 12.8. The predicted molar refractivity (Wildman–Crippen MR) is 108 cm³/mol. The Balaban J connectivity index is 1.41. The Morgan fingerprint density at radius 1 is 1.07 bits per heavy atom. The van der Waals surface area contributed by atoms with E-state index in [1.165, 1.54) is 0 Å². The zero-order valence-electron chi connectivity index (χ0n) is 17.0. The first-order chi connectivity index (χ1) is 14.6. The quantitative estimate of drug-likeness (QED) is 0.785. The highest BCUT2D eigenvalue weighted by Gasteiger charge is 2.30. The number of carbonyl (C=O) groups is 2. The second-order valence-electron chi connectivity index (χ2n) is 7.11. The lowest BCUT2D eigenvalue weighted by molar-refractivity contribution is -0.131. The zero-order chi connectivity index (χ0) is 21.1. The molecule has 2 aromatic carbocycles. The lowest BCUT2D eigenvalue weighted by Gasteiger charge is -2.26. The first-order valence-corrected chi connectivity index (χ1v) is 9.80. The molecule has 0 saturated carbocycles. The van der Waals surface area contributed by atoms with Gasteiger partial charge < -0.3 is 29.2 Å². The van der Waals surface area contributed by atoms with Crippen molar-refractivity contribution in [3.8, 4) is 23.0 Å². The smallest absolute Gasteiger partial charge is 0.251 e. The molecule has 8 nitrogen and oxygen atoms in total. The minimum Gasteiger partial charge on any atom is -0.493 e. The van der Waals surface area contributed by atoms with Crippen LogP contribution in [0.15, 0.2) is 36.4 Å². The molecule has 1 N–H and O–H groups in total. The van der Waals surface area contributed by atoms with Gasteiger partial charge in [0.1, 0.15) is 0 Å². The molecule has 1 atom stereocenters. The Labute approximate surface area is 174 Å². The molecule has 0 radical (unpaired) electrons. The molecule has 1 unspecified atom stereocenters. The van der Waals surface area contributed by atoms with E-state index in [-0.39, 0.29) is 31.2 Å². The summed E-state index contributed by atoms with van der Waals surface area (Å²) in [6.45, 7) is 0.722. The molecule has 0 aromatic heterocycles. The van der Waals surface area contributed by atoms with Crippen molar-refractivity contribution < 1.29 is 28.5 Å². The molecule has 4 rings (SSSR count). The number of nitrogens with one attached hydrogen (secondary N) is 1. The van der Waals surface area contributed by atoms with Crippen LogP contribution in [0.4, 0.5) is 0 Å². The van der Waals surface area contributed by atoms with Crippen LogP contribution in [0.1, 0.15) is 34.8 Å². The Bertz CT molecular complexity index is 961. The Kier molecular flexibility index (Phi) is 5.65. The van der Waals surface area contributed by atoms with Gasteiger partial charge in [0.2, 0.25) is 12.7 Å². The Morgan fingerprint density at radius 2 is 1.87 bits per heavy atom. The second-order valence-corrected chi connectivity index (χ2v) is 7.11. The fraction of sp³-hybridized carbons (Fsp3) is 0.364. The van der Waals surface area contributed by atoms with Gasteiger partial charge in [-0.25, -0.2) is 0 Å². The van der Waals surface area contributed by atoms with Gasteiger partial charge >= 0.3 is 0 Å². The maximum Gasteiger partial charge on any atom is 0.251 e. The number of hydrogen-bond donors (Lipinski definition) is 1. The van der Waals surface area contributed by atoms with Crippen molar-refractivity contribution in [2.45, 2.75) is 18.9 Å². The fourth-order valence-electron chi connectivity index (χ4n) is 3.87. The van der Waals surface area contributed by atoms with Crippen molar-refractivity contribution in [2.75, 3.05) is 34.1 Å². The second kappa shape index (κ2) is 8.52. The van der Waals surface area contributed by atoms with Gasteiger partial charge in [-0.1, -0.05) is 6.07 Å². The van der Waals surface area contributed by atoms with Crippen LogP contribution < -0.4 is 24.3 Å². The topological polar surface area (TPSA) is 86.3 Å². The van der Waals surface area contributed by atoms with Crippen LogP contribution in [-0.2, 0) is 4.79 Å². The molecule has 2 aliphatic rings. The van der Waals surface area contributed by atoms with Gasteiger partial charge in [0.05, 0.1) is 26.8 Å². The minimum absolute atomic E-state index is 0.0558. The van der Waals surface area contributed by atoms with E-state index >= 15 is 0 Å². The minimum atomic E-state index is -0.330. The highest BCUT2D eigenvalue weighted by atomic mass is 16.7. The van der Waals surface area contributed by atoms with Gasteiger partial charge in [-0.05, 0) is 48.7 Å². The van der Waals surface area contributed by atoms with E-state index in [4.69, 9.17) is 18.9 Å². The monoisotopic (exact) mass is 412 g/mol. The van der Waals surface area contributed by atoms with Gasteiger partial charge in [-0.15, -0.1) is 0 Å². The molecule has 2 aromatic rings. The molecule has 1 fully saturated rings. The summed E-state index contributed by atoms with van der Waals surface area (Å²) in [6, 6.07) is 10.6. The molecule has 0 spiro atoms. The Hall–Kier alpha value is -3.42. The van der Waals surface area contributed by atoms with Crippen LogP contribution >= 0.6 is 0 Å². The Morgan fingerprint density at radius 3 is 2.67 bits per heavy atom. The van der Waals surface area contributed by atoms with Gasteiger partial charge in [0, 0.05) is 12.1 Å². The van der Waals surface area contributed by atoms with Crippen LogP contribution in [0, 0.1) is 0 Å². The number of fused-ring (bicyclic) bond motifs is 1. The highest BCUT2D eigenvalue weighted by molar-refractivity contribution is 5.97. The summed E-state index contributed by atoms with van der Waals surface area (Å²) in [5.41, 5.74) is 1.41. The lowest BCUT2D eigenvalue weighted by atomic mass is 10.0. The lowest BCUT2D eigenvalue weighted by Crippen LogP contribution is -2.39. The number of nitrogens with zero attached hydrogens (tertiary/aromatic N) is 1. The fourth-order valence-corrected chi connectivity index (χ4v) is 3.87. The first-order valence-electron chi connectivity index (χ1n) is 9.80. The SMILES string of the molecule is COc1ccc(C2CCCN2C(=O)CNC(=O)c2ccc3c(c2)OCO3)cc1OC. The average molecular weight is 412 g/mol. The van der Waals surface area contributed by atoms with Crippen LogP contribution in [0.25, 0.3) is 0 Å². The number of rotatable bonds is 6. The number of hydrogen-bond acceptors (Lipinski definition) is 6. The standard InChI is InChI=1S/C22H24N2O6/c1-27-17-7-5-14(10-19(17)28-2)16-4-3-9-24(16)21(25)12-23-22(26)15-6-8-18-20(11-15)30-13-29-18/h5-8,10-11,16H,3-4,9,12-13H2,1-2H3,(H,23,26). The number of benzene rings is 2. The van der Waals surface area contributed by atoms with E-state index in [0.29, 0.717) is 35.1 Å². The zero-order valence-corrected chi connectivity index (χ0v) is 17.0.